The molecule has 1 aromatic heterocycles. The van der Waals surface area contributed by atoms with Crippen LogP contribution in [0.5, 0.6) is 0 Å². The fraction of sp³-hybridized carbons (Fsp3) is 0.750. The van der Waals surface area contributed by atoms with Gasteiger partial charge in [-0.05, 0) is 37.1 Å². The third kappa shape index (κ3) is 4.38. The van der Waals surface area contributed by atoms with Crippen molar-refractivity contribution in [2.75, 3.05) is 34.8 Å². The lowest BCUT2D eigenvalue weighted by atomic mass is 10.4. The Balaban J connectivity index is 2.03. The molecule has 1 atom stereocenters. The average molecular weight is 302 g/mol. The highest BCUT2D eigenvalue weighted by Gasteiger charge is 2.17. The summed E-state index contributed by atoms with van der Waals surface area (Å²) in [6.07, 6.45) is 2.38. The van der Waals surface area contributed by atoms with Crippen molar-refractivity contribution < 1.29 is 0 Å². The molecule has 0 spiro atoms. The summed E-state index contributed by atoms with van der Waals surface area (Å²) in [6, 6.07) is 0.315. The topological polar surface area (TPSA) is 53.9 Å². The van der Waals surface area contributed by atoms with Crippen LogP contribution in [0.4, 0.5) is 11.9 Å². The van der Waals surface area contributed by atoms with E-state index in [9.17, 15) is 0 Å². The van der Waals surface area contributed by atoms with Crippen molar-refractivity contribution >= 4 is 35.3 Å². The summed E-state index contributed by atoms with van der Waals surface area (Å²) < 4.78 is 0. The minimum atomic E-state index is 0.259. The van der Waals surface area contributed by atoms with Crippen LogP contribution in [0.3, 0.4) is 0 Å². The Morgan fingerprint density at radius 1 is 1.32 bits per heavy atom. The molecule has 19 heavy (non-hydrogen) atoms. The van der Waals surface area contributed by atoms with E-state index >= 15 is 0 Å². The van der Waals surface area contributed by atoms with Crippen LogP contribution >= 0.6 is 23.4 Å². The normalized spacial score (nSPS) is 16.7. The third-order valence-corrected chi connectivity index (χ3v) is 4.25. The van der Waals surface area contributed by atoms with Gasteiger partial charge in [0.1, 0.15) is 0 Å². The van der Waals surface area contributed by atoms with E-state index in [1.807, 2.05) is 11.8 Å². The lowest BCUT2D eigenvalue weighted by Gasteiger charge is -2.17. The van der Waals surface area contributed by atoms with Crippen molar-refractivity contribution in [3.05, 3.63) is 5.28 Å². The summed E-state index contributed by atoms with van der Waals surface area (Å²) in [5.41, 5.74) is 0. The summed E-state index contributed by atoms with van der Waals surface area (Å²) in [7, 11) is 0. The molecule has 1 aromatic rings. The zero-order chi connectivity index (χ0) is 13.7. The van der Waals surface area contributed by atoms with Crippen LogP contribution < -0.4 is 10.2 Å². The maximum Gasteiger partial charge on any atom is 0.231 e. The van der Waals surface area contributed by atoms with Crippen LogP contribution in [0.15, 0.2) is 0 Å². The highest BCUT2D eigenvalue weighted by Crippen LogP contribution is 2.19. The maximum atomic E-state index is 5.98. The molecule has 0 aromatic carbocycles. The van der Waals surface area contributed by atoms with E-state index in [1.54, 1.807) is 0 Å². The van der Waals surface area contributed by atoms with E-state index in [0.29, 0.717) is 17.9 Å². The fourth-order valence-electron chi connectivity index (χ4n) is 2.02. The van der Waals surface area contributed by atoms with Gasteiger partial charge in [0.25, 0.3) is 0 Å². The number of hydrogen-bond donors (Lipinski definition) is 1. The predicted molar refractivity (Wildman–Crippen MR) is 82.4 cm³/mol. The molecule has 1 aliphatic rings. The first-order valence-electron chi connectivity index (χ1n) is 6.70. The SMILES string of the molecule is CCSCC(C)Nc1nc(Cl)nc(N2CCCC2)n1. The number of thioether (sulfide) groups is 1. The molecule has 1 aliphatic heterocycles. The quantitative estimate of drug-likeness (QED) is 0.872. The summed E-state index contributed by atoms with van der Waals surface area (Å²) in [5.74, 6) is 3.41. The summed E-state index contributed by atoms with van der Waals surface area (Å²) in [5, 5.41) is 3.55. The molecule has 0 bridgehead atoms. The number of hydrogen-bond acceptors (Lipinski definition) is 6. The molecule has 5 nitrogen and oxygen atoms in total. The van der Waals surface area contributed by atoms with Gasteiger partial charge in [-0.15, -0.1) is 0 Å². The molecule has 1 unspecified atom stereocenters. The van der Waals surface area contributed by atoms with Crippen LogP contribution in [-0.2, 0) is 0 Å². The van der Waals surface area contributed by atoms with Gasteiger partial charge in [0, 0.05) is 24.9 Å². The molecule has 1 N–H and O–H groups in total. The summed E-state index contributed by atoms with van der Waals surface area (Å²) in [4.78, 5) is 15.0. The number of halogens is 1. The van der Waals surface area contributed by atoms with Gasteiger partial charge in [-0.2, -0.15) is 26.7 Å². The van der Waals surface area contributed by atoms with Crippen molar-refractivity contribution in [3.8, 4) is 0 Å². The van der Waals surface area contributed by atoms with E-state index in [-0.39, 0.29) is 5.28 Å². The molecule has 106 valence electrons. The highest BCUT2D eigenvalue weighted by atomic mass is 35.5. The number of nitrogens with one attached hydrogen (secondary N) is 1. The average Bonchev–Trinajstić information content (AvgIpc) is 2.89. The standard InChI is InChI=1S/C12H20ClN5S/c1-3-19-8-9(2)14-11-15-10(13)16-12(17-11)18-6-4-5-7-18/h9H,3-8H2,1-2H3,(H,14,15,16,17). The number of aromatic nitrogens is 3. The third-order valence-electron chi connectivity index (χ3n) is 2.93. The number of nitrogens with zero attached hydrogens (tertiary/aromatic N) is 4. The second kappa shape index (κ2) is 7.14. The molecule has 2 heterocycles. The summed E-state index contributed by atoms with van der Waals surface area (Å²) in [6.45, 7) is 6.28. The lowest BCUT2D eigenvalue weighted by Crippen LogP contribution is -2.24. The summed E-state index contributed by atoms with van der Waals surface area (Å²) >= 11 is 7.87. The lowest BCUT2D eigenvalue weighted by molar-refractivity contribution is 0.847. The van der Waals surface area contributed by atoms with Gasteiger partial charge in [-0.3, -0.25) is 0 Å². The first kappa shape index (κ1) is 14.7. The van der Waals surface area contributed by atoms with Gasteiger partial charge in [-0.25, -0.2) is 0 Å². The van der Waals surface area contributed by atoms with Crippen LogP contribution in [0.25, 0.3) is 0 Å². The molecule has 2 rings (SSSR count). The Kier molecular flexibility index (Phi) is 5.51. The Labute approximate surface area is 123 Å². The second-order valence-corrected chi connectivity index (χ2v) is 6.28. The fourth-order valence-corrected chi connectivity index (χ4v) is 2.85. The van der Waals surface area contributed by atoms with Crippen LogP contribution in [0.1, 0.15) is 26.7 Å². The van der Waals surface area contributed by atoms with Crippen LogP contribution in [-0.4, -0.2) is 45.6 Å². The Morgan fingerprint density at radius 2 is 2.05 bits per heavy atom. The second-order valence-electron chi connectivity index (χ2n) is 4.63. The van der Waals surface area contributed by atoms with Crippen molar-refractivity contribution in [1.29, 1.82) is 0 Å². The Hall–Kier alpha value is -0.750. The van der Waals surface area contributed by atoms with E-state index < -0.39 is 0 Å². The van der Waals surface area contributed by atoms with Gasteiger partial charge < -0.3 is 10.2 Å². The molecule has 7 heteroatoms. The maximum absolute atomic E-state index is 5.98. The Bertz CT molecular complexity index is 411. The Morgan fingerprint density at radius 3 is 2.74 bits per heavy atom. The zero-order valence-corrected chi connectivity index (χ0v) is 13.0. The van der Waals surface area contributed by atoms with Crippen molar-refractivity contribution in [1.82, 2.24) is 15.0 Å². The van der Waals surface area contributed by atoms with Gasteiger partial charge in [0.2, 0.25) is 17.2 Å². The van der Waals surface area contributed by atoms with Crippen LogP contribution in [0.2, 0.25) is 5.28 Å². The first-order chi connectivity index (χ1) is 9.19. The highest BCUT2D eigenvalue weighted by molar-refractivity contribution is 7.99. The molecular weight excluding hydrogens is 282 g/mol. The zero-order valence-electron chi connectivity index (χ0n) is 11.4. The number of rotatable bonds is 6. The van der Waals surface area contributed by atoms with Gasteiger partial charge in [0.05, 0.1) is 0 Å². The monoisotopic (exact) mass is 301 g/mol. The van der Waals surface area contributed by atoms with Gasteiger partial charge in [-0.1, -0.05) is 6.92 Å². The smallest absolute Gasteiger partial charge is 0.231 e. The van der Waals surface area contributed by atoms with E-state index in [2.05, 4.69) is 39.0 Å². The number of anilines is 2. The molecule has 0 saturated carbocycles. The van der Waals surface area contributed by atoms with E-state index in [0.717, 1.165) is 24.6 Å². The predicted octanol–water partition coefficient (Wildman–Crippen LogP) is 2.68. The molecular formula is C12H20ClN5S. The molecule has 0 aliphatic carbocycles. The van der Waals surface area contributed by atoms with Crippen molar-refractivity contribution in [2.45, 2.75) is 32.7 Å². The molecule has 0 radical (unpaired) electrons. The first-order valence-corrected chi connectivity index (χ1v) is 8.23. The van der Waals surface area contributed by atoms with Gasteiger partial charge >= 0.3 is 0 Å². The van der Waals surface area contributed by atoms with Gasteiger partial charge in [0.15, 0.2) is 0 Å². The van der Waals surface area contributed by atoms with Crippen molar-refractivity contribution in [3.63, 3.8) is 0 Å². The van der Waals surface area contributed by atoms with E-state index in [4.69, 9.17) is 11.6 Å². The van der Waals surface area contributed by atoms with Crippen LogP contribution in [0, 0.1) is 0 Å². The largest absolute Gasteiger partial charge is 0.351 e. The molecule has 0 amide bonds. The minimum absolute atomic E-state index is 0.259. The minimum Gasteiger partial charge on any atom is -0.351 e. The van der Waals surface area contributed by atoms with E-state index in [1.165, 1.54) is 12.8 Å². The molecule has 1 saturated heterocycles. The molecule has 1 fully saturated rings. The van der Waals surface area contributed by atoms with Crippen molar-refractivity contribution in [2.24, 2.45) is 0 Å².